The van der Waals surface area contributed by atoms with E-state index < -0.39 is 9.84 Å². The van der Waals surface area contributed by atoms with Crippen LogP contribution >= 0.6 is 0 Å². The molecule has 1 aromatic rings. The maximum absolute atomic E-state index is 11.0. The first-order chi connectivity index (χ1) is 8.76. The van der Waals surface area contributed by atoms with Crippen LogP contribution < -0.4 is 15.8 Å². The van der Waals surface area contributed by atoms with Crippen LogP contribution in [0.3, 0.4) is 0 Å². The highest BCUT2D eigenvalue weighted by molar-refractivity contribution is 7.90. The van der Waals surface area contributed by atoms with Crippen molar-refractivity contribution in [1.29, 1.82) is 0 Å². The van der Waals surface area contributed by atoms with E-state index in [1.54, 1.807) is 12.1 Å². The summed E-state index contributed by atoms with van der Waals surface area (Å²) in [4.78, 5) is 0. The van der Waals surface area contributed by atoms with Crippen molar-refractivity contribution in [2.45, 2.75) is 26.4 Å². The SMILES string of the molecule is CC(C)Oc1cc(N)cc(NCCCS(C)(=O)=O)c1. The van der Waals surface area contributed by atoms with Crippen LogP contribution in [0.15, 0.2) is 18.2 Å². The number of hydrogen-bond acceptors (Lipinski definition) is 5. The van der Waals surface area contributed by atoms with Crippen molar-refractivity contribution < 1.29 is 13.2 Å². The summed E-state index contributed by atoms with van der Waals surface area (Å²) in [6.45, 7) is 4.47. The van der Waals surface area contributed by atoms with Gasteiger partial charge in [0.2, 0.25) is 0 Å². The number of nitrogens with two attached hydrogens (primary N) is 1. The second-order valence-corrected chi connectivity index (χ2v) is 7.13. The molecule has 0 radical (unpaired) electrons. The minimum Gasteiger partial charge on any atom is -0.491 e. The topological polar surface area (TPSA) is 81.4 Å². The fraction of sp³-hybridized carbons (Fsp3) is 0.538. The Balaban J connectivity index is 2.56. The predicted molar refractivity (Wildman–Crippen MR) is 79.4 cm³/mol. The number of ether oxygens (including phenoxy) is 1. The molecular weight excluding hydrogens is 264 g/mol. The molecule has 0 heterocycles. The van der Waals surface area contributed by atoms with Crippen LogP contribution in [-0.2, 0) is 9.84 Å². The fourth-order valence-electron chi connectivity index (χ4n) is 1.63. The van der Waals surface area contributed by atoms with Gasteiger partial charge in [0, 0.05) is 36.3 Å². The molecule has 0 unspecified atom stereocenters. The largest absolute Gasteiger partial charge is 0.491 e. The lowest BCUT2D eigenvalue weighted by Gasteiger charge is -2.13. The first-order valence-corrected chi connectivity index (χ1v) is 8.31. The molecule has 0 spiro atoms. The van der Waals surface area contributed by atoms with Crippen LogP contribution in [0.25, 0.3) is 0 Å². The van der Waals surface area contributed by atoms with E-state index in [-0.39, 0.29) is 11.9 Å². The minimum atomic E-state index is -2.90. The molecule has 0 aliphatic rings. The van der Waals surface area contributed by atoms with Crippen molar-refractivity contribution in [2.24, 2.45) is 0 Å². The van der Waals surface area contributed by atoms with Gasteiger partial charge in [0.15, 0.2) is 0 Å². The van der Waals surface area contributed by atoms with Crippen molar-refractivity contribution >= 4 is 21.2 Å². The monoisotopic (exact) mass is 286 g/mol. The van der Waals surface area contributed by atoms with E-state index in [0.29, 0.717) is 24.4 Å². The molecule has 0 bridgehead atoms. The third-order valence-corrected chi connectivity index (χ3v) is 3.35. The number of nitrogens with one attached hydrogen (secondary N) is 1. The summed E-state index contributed by atoms with van der Waals surface area (Å²) in [6, 6.07) is 5.42. The number of benzene rings is 1. The summed E-state index contributed by atoms with van der Waals surface area (Å²) < 4.78 is 27.6. The van der Waals surface area contributed by atoms with Gasteiger partial charge in [-0.15, -0.1) is 0 Å². The maximum atomic E-state index is 11.0. The Kier molecular flexibility index (Phi) is 5.47. The number of nitrogen functional groups attached to an aromatic ring is 1. The molecule has 0 saturated heterocycles. The summed E-state index contributed by atoms with van der Waals surface area (Å²) in [5.41, 5.74) is 7.24. The van der Waals surface area contributed by atoms with Gasteiger partial charge < -0.3 is 15.8 Å². The van der Waals surface area contributed by atoms with Crippen LogP contribution in [0, 0.1) is 0 Å². The first kappa shape index (κ1) is 15.6. The zero-order chi connectivity index (χ0) is 14.5. The van der Waals surface area contributed by atoms with E-state index in [1.165, 1.54) is 6.26 Å². The van der Waals surface area contributed by atoms with E-state index in [4.69, 9.17) is 10.5 Å². The molecule has 1 aromatic carbocycles. The highest BCUT2D eigenvalue weighted by Gasteiger charge is 2.04. The van der Waals surface area contributed by atoms with Crippen molar-refractivity contribution in [3.63, 3.8) is 0 Å². The predicted octanol–water partition coefficient (Wildman–Crippen LogP) is 1.90. The van der Waals surface area contributed by atoms with Gasteiger partial charge in [0.1, 0.15) is 15.6 Å². The highest BCUT2D eigenvalue weighted by atomic mass is 32.2. The average molecular weight is 286 g/mol. The Morgan fingerprint density at radius 3 is 2.58 bits per heavy atom. The van der Waals surface area contributed by atoms with Crippen LogP contribution in [0.4, 0.5) is 11.4 Å². The zero-order valence-corrected chi connectivity index (χ0v) is 12.5. The molecule has 0 fully saturated rings. The summed E-state index contributed by atoms with van der Waals surface area (Å²) in [5.74, 6) is 0.887. The zero-order valence-electron chi connectivity index (χ0n) is 11.6. The lowest BCUT2D eigenvalue weighted by atomic mass is 10.2. The maximum Gasteiger partial charge on any atom is 0.147 e. The Bertz CT molecular complexity index is 513. The third kappa shape index (κ3) is 6.91. The molecule has 0 aliphatic carbocycles. The second-order valence-electron chi connectivity index (χ2n) is 4.87. The number of anilines is 2. The molecule has 3 N–H and O–H groups in total. The quantitative estimate of drug-likeness (QED) is 0.591. The summed E-state index contributed by atoms with van der Waals surface area (Å²) >= 11 is 0. The van der Waals surface area contributed by atoms with Crippen molar-refractivity contribution in [3.05, 3.63) is 18.2 Å². The molecule has 0 saturated carbocycles. The van der Waals surface area contributed by atoms with Crippen LogP contribution in [0.5, 0.6) is 5.75 Å². The van der Waals surface area contributed by atoms with Gasteiger partial charge in [-0.3, -0.25) is 0 Å². The second kappa shape index (κ2) is 6.65. The summed E-state index contributed by atoms with van der Waals surface area (Å²) in [7, 11) is -2.90. The Labute approximate surface area is 115 Å². The molecule has 1 rings (SSSR count). The average Bonchev–Trinajstić information content (AvgIpc) is 2.21. The van der Waals surface area contributed by atoms with E-state index in [2.05, 4.69) is 5.32 Å². The van der Waals surface area contributed by atoms with Gasteiger partial charge >= 0.3 is 0 Å². The van der Waals surface area contributed by atoms with Gasteiger partial charge in [-0.2, -0.15) is 0 Å². The lowest BCUT2D eigenvalue weighted by molar-refractivity contribution is 0.242. The Morgan fingerprint density at radius 1 is 1.32 bits per heavy atom. The summed E-state index contributed by atoms with van der Waals surface area (Å²) in [5, 5.41) is 3.15. The lowest BCUT2D eigenvalue weighted by Crippen LogP contribution is -2.10. The van der Waals surface area contributed by atoms with Gasteiger partial charge in [-0.25, -0.2) is 8.42 Å². The fourth-order valence-corrected chi connectivity index (χ4v) is 2.30. The molecule has 6 heteroatoms. The van der Waals surface area contributed by atoms with Crippen molar-refractivity contribution in [2.75, 3.05) is 29.6 Å². The van der Waals surface area contributed by atoms with Gasteiger partial charge in [-0.1, -0.05) is 0 Å². The van der Waals surface area contributed by atoms with Crippen LogP contribution in [-0.4, -0.2) is 33.1 Å². The molecular formula is C13H22N2O3S. The first-order valence-electron chi connectivity index (χ1n) is 6.25. The molecule has 108 valence electrons. The van der Waals surface area contributed by atoms with E-state index >= 15 is 0 Å². The highest BCUT2D eigenvalue weighted by Crippen LogP contribution is 2.23. The normalized spacial score (nSPS) is 11.6. The van der Waals surface area contributed by atoms with E-state index in [0.717, 1.165) is 5.69 Å². The number of hydrogen-bond donors (Lipinski definition) is 2. The van der Waals surface area contributed by atoms with E-state index in [9.17, 15) is 8.42 Å². The standard InChI is InChI=1S/C13H22N2O3S/c1-10(2)18-13-8-11(14)7-12(9-13)15-5-4-6-19(3,16)17/h7-10,15H,4-6,14H2,1-3H3. The molecule has 19 heavy (non-hydrogen) atoms. The molecule has 0 amide bonds. The van der Waals surface area contributed by atoms with Gasteiger partial charge in [0.25, 0.3) is 0 Å². The molecule has 0 aliphatic heterocycles. The molecule has 0 aromatic heterocycles. The Morgan fingerprint density at radius 2 is 2.00 bits per heavy atom. The van der Waals surface area contributed by atoms with Crippen molar-refractivity contribution in [3.8, 4) is 5.75 Å². The third-order valence-electron chi connectivity index (χ3n) is 2.32. The number of sulfone groups is 1. The smallest absolute Gasteiger partial charge is 0.147 e. The molecule has 0 atom stereocenters. The van der Waals surface area contributed by atoms with Gasteiger partial charge in [0.05, 0.1) is 11.9 Å². The Hall–Kier alpha value is -1.43. The van der Waals surface area contributed by atoms with Crippen molar-refractivity contribution in [1.82, 2.24) is 0 Å². The van der Waals surface area contributed by atoms with Crippen LogP contribution in [0.2, 0.25) is 0 Å². The molecule has 5 nitrogen and oxygen atoms in total. The number of rotatable bonds is 7. The van der Waals surface area contributed by atoms with E-state index in [1.807, 2.05) is 19.9 Å². The minimum absolute atomic E-state index is 0.0832. The summed E-state index contributed by atoms with van der Waals surface area (Å²) in [6.07, 6.45) is 1.88. The van der Waals surface area contributed by atoms with Gasteiger partial charge in [-0.05, 0) is 26.3 Å². The van der Waals surface area contributed by atoms with Crippen LogP contribution in [0.1, 0.15) is 20.3 Å².